The van der Waals surface area contributed by atoms with Crippen LogP contribution in [0.2, 0.25) is 0 Å². The predicted molar refractivity (Wildman–Crippen MR) is 166 cm³/mol. The number of ether oxygens (including phenoxy) is 4. The minimum atomic E-state index is -0.429. The molecule has 0 saturated heterocycles. The molecule has 0 amide bonds. The fourth-order valence-corrected chi connectivity index (χ4v) is 4.60. The largest absolute Gasteiger partial charge is 0.465 e. The lowest BCUT2D eigenvalue weighted by Gasteiger charge is -2.30. The van der Waals surface area contributed by atoms with Crippen molar-refractivity contribution in [2.75, 3.05) is 13.7 Å². The smallest absolute Gasteiger partial charge is 0.337 e. The first-order chi connectivity index (χ1) is 20.1. The van der Waals surface area contributed by atoms with Crippen molar-refractivity contribution in [3.63, 3.8) is 0 Å². The maximum absolute atomic E-state index is 11.8. The molecular formula is C35H36O5S. The molecule has 4 aromatic rings. The van der Waals surface area contributed by atoms with Gasteiger partial charge in [-0.05, 0) is 34.4 Å². The molecule has 0 unspecified atom stereocenters. The maximum atomic E-state index is 11.8. The van der Waals surface area contributed by atoms with Gasteiger partial charge in [0.1, 0.15) is 12.2 Å². The van der Waals surface area contributed by atoms with Gasteiger partial charge < -0.3 is 18.9 Å². The Morgan fingerprint density at radius 2 is 1.22 bits per heavy atom. The molecule has 0 aromatic heterocycles. The summed E-state index contributed by atoms with van der Waals surface area (Å²) >= 11 is 4.95. The standard InChI is InChI=1S/C35H36O5S/c1-37-35(36)31-20-17-27(18-21-31)19-22-32(39-24-29-13-7-3-8-14-29)34(40-25-30-15-9-4-10-16-30)33(41)26-38-23-28-11-5-2-6-12-28/h2-22,32-34,41H,23-26H2,1H3/b22-19+/t32-,33+,34+/m1/s1. The molecule has 3 atom stereocenters. The number of thiol groups is 1. The zero-order chi connectivity index (χ0) is 28.7. The fraction of sp³-hybridized carbons (Fsp3) is 0.229. The zero-order valence-corrected chi connectivity index (χ0v) is 24.1. The third kappa shape index (κ3) is 10.0. The Labute approximate surface area is 248 Å². The Bertz CT molecular complexity index is 1330. The van der Waals surface area contributed by atoms with Gasteiger partial charge in [0.15, 0.2) is 0 Å². The highest BCUT2D eigenvalue weighted by Gasteiger charge is 2.28. The highest BCUT2D eigenvalue weighted by Crippen LogP contribution is 2.21. The number of hydrogen-bond acceptors (Lipinski definition) is 6. The highest BCUT2D eigenvalue weighted by atomic mass is 32.1. The third-order valence-corrected chi connectivity index (χ3v) is 6.93. The molecule has 0 spiro atoms. The molecular weight excluding hydrogens is 532 g/mol. The van der Waals surface area contributed by atoms with Crippen molar-refractivity contribution in [2.45, 2.75) is 37.3 Å². The van der Waals surface area contributed by atoms with Gasteiger partial charge in [-0.1, -0.05) is 115 Å². The molecule has 0 saturated carbocycles. The van der Waals surface area contributed by atoms with Gasteiger partial charge in [0.05, 0.1) is 44.4 Å². The lowest BCUT2D eigenvalue weighted by molar-refractivity contribution is -0.0730. The molecule has 0 aliphatic heterocycles. The van der Waals surface area contributed by atoms with Crippen LogP contribution < -0.4 is 0 Å². The van der Waals surface area contributed by atoms with Crippen molar-refractivity contribution in [2.24, 2.45) is 0 Å². The number of carbonyl (C=O) groups excluding carboxylic acids is 1. The molecule has 0 bridgehead atoms. The molecule has 6 heteroatoms. The van der Waals surface area contributed by atoms with Crippen LogP contribution in [0.5, 0.6) is 0 Å². The third-order valence-electron chi connectivity index (χ3n) is 6.48. The van der Waals surface area contributed by atoms with Crippen molar-refractivity contribution in [1.82, 2.24) is 0 Å². The second kappa shape index (κ2) is 16.6. The van der Waals surface area contributed by atoms with Crippen molar-refractivity contribution in [3.05, 3.63) is 149 Å². The van der Waals surface area contributed by atoms with Gasteiger partial charge in [-0.25, -0.2) is 4.79 Å². The van der Waals surface area contributed by atoms with Crippen LogP contribution in [0.25, 0.3) is 6.08 Å². The summed E-state index contributed by atoms with van der Waals surface area (Å²) < 4.78 is 23.9. The average molecular weight is 569 g/mol. The number of methoxy groups -OCH3 is 1. The maximum Gasteiger partial charge on any atom is 0.337 e. The summed E-state index contributed by atoms with van der Waals surface area (Å²) in [7, 11) is 1.37. The summed E-state index contributed by atoms with van der Waals surface area (Å²) in [6, 6.07) is 37.4. The quantitative estimate of drug-likeness (QED) is 0.122. The Balaban J connectivity index is 1.54. The van der Waals surface area contributed by atoms with Crippen LogP contribution in [0.4, 0.5) is 0 Å². The molecule has 212 valence electrons. The van der Waals surface area contributed by atoms with E-state index in [9.17, 15) is 4.79 Å². The Morgan fingerprint density at radius 3 is 1.76 bits per heavy atom. The monoisotopic (exact) mass is 568 g/mol. The Kier molecular flexibility index (Phi) is 12.2. The van der Waals surface area contributed by atoms with Crippen molar-refractivity contribution in [1.29, 1.82) is 0 Å². The molecule has 0 fully saturated rings. The van der Waals surface area contributed by atoms with E-state index in [1.807, 2.05) is 115 Å². The van der Waals surface area contributed by atoms with Crippen LogP contribution in [0.3, 0.4) is 0 Å². The Hall–Kier alpha value is -3.68. The van der Waals surface area contributed by atoms with Crippen LogP contribution in [0, 0.1) is 0 Å². The van der Waals surface area contributed by atoms with Gasteiger partial charge in [-0.15, -0.1) is 0 Å². The summed E-state index contributed by atoms with van der Waals surface area (Å²) in [5.74, 6) is -0.368. The van der Waals surface area contributed by atoms with E-state index in [0.717, 1.165) is 22.3 Å². The normalized spacial score (nSPS) is 13.5. The van der Waals surface area contributed by atoms with Crippen LogP contribution >= 0.6 is 12.6 Å². The van der Waals surface area contributed by atoms with Crippen LogP contribution in [-0.2, 0) is 38.8 Å². The van der Waals surface area contributed by atoms with E-state index in [-0.39, 0.29) is 11.2 Å². The topological polar surface area (TPSA) is 54.0 Å². The molecule has 4 rings (SSSR count). The average Bonchev–Trinajstić information content (AvgIpc) is 3.03. The minimum absolute atomic E-state index is 0.269. The van der Waals surface area contributed by atoms with Crippen LogP contribution in [0.15, 0.2) is 121 Å². The zero-order valence-electron chi connectivity index (χ0n) is 23.2. The van der Waals surface area contributed by atoms with Crippen LogP contribution in [0.1, 0.15) is 32.6 Å². The van der Waals surface area contributed by atoms with Crippen molar-refractivity contribution < 1.29 is 23.7 Å². The number of carbonyl (C=O) groups is 1. The summed E-state index contributed by atoms with van der Waals surface area (Å²) in [6.07, 6.45) is 3.12. The Morgan fingerprint density at radius 1 is 0.707 bits per heavy atom. The van der Waals surface area contributed by atoms with Gasteiger partial charge in [-0.2, -0.15) is 12.6 Å². The number of hydrogen-bond donors (Lipinski definition) is 1. The first-order valence-electron chi connectivity index (χ1n) is 13.6. The van der Waals surface area contributed by atoms with Crippen LogP contribution in [-0.4, -0.2) is 37.1 Å². The molecule has 0 heterocycles. The van der Waals surface area contributed by atoms with Gasteiger partial charge in [-0.3, -0.25) is 0 Å². The summed E-state index contributed by atoms with van der Waals surface area (Å²) in [5.41, 5.74) is 4.64. The summed E-state index contributed by atoms with van der Waals surface area (Å²) in [5, 5.41) is -0.269. The number of rotatable bonds is 15. The molecule has 41 heavy (non-hydrogen) atoms. The number of esters is 1. The molecule has 4 aromatic carbocycles. The first kappa shape index (κ1) is 30.3. The number of benzene rings is 4. The van der Waals surface area contributed by atoms with Gasteiger partial charge in [0.25, 0.3) is 0 Å². The molecule has 0 radical (unpaired) electrons. The van der Waals surface area contributed by atoms with Gasteiger partial charge in [0.2, 0.25) is 0 Å². The SMILES string of the molecule is COC(=O)c1ccc(/C=C/[C@@H](OCc2ccccc2)[C@H](OCc2ccccc2)[C@@H](S)COCc2ccccc2)cc1. The lowest BCUT2D eigenvalue weighted by atomic mass is 10.1. The predicted octanol–water partition coefficient (Wildman–Crippen LogP) is 7.17. The van der Waals surface area contributed by atoms with Gasteiger partial charge >= 0.3 is 5.97 Å². The van der Waals surface area contributed by atoms with E-state index in [1.54, 1.807) is 12.1 Å². The van der Waals surface area contributed by atoms with E-state index in [1.165, 1.54) is 7.11 Å². The first-order valence-corrected chi connectivity index (χ1v) is 14.1. The van der Waals surface area contributed by atoms with E-state index >= 15 is 0 Å². The molecule has 0 aliphatic carbocycles. The summed E-state index contributed by atoms with van der Waals surface area (Å²) in [4.78, 5) is 11.8. The van der Waals surface area contributed by atoms with E-state index in [2.05, 4.69) is 0 Å². The minimum Gasteiger partial charge on any atom is -0.465 e. The van der Waals surface area contributed by atoms with Crippen molar-refractivity contribution >= 4 is 24.7 Å². The van der Waals surface area contributed by atoms with Gasteiger partial charge in [0, 0.05) is 0 Å². The second-order valence-electron chi connectivity index (χ2n) is 9.56. The lowest BCUT2D eigenvalue weighted by Crippen LogP contribution is -2.40. The van der Waals surface area contributed by atoms with E-state index in [0.29, 0.717) is 32.0 Å². The van der Waals surface area contributed by atoms with E-state index < -0.39 is 12.2 Å². The fourth-order valence-electron chi connectivity index (χ4n) is 4.24. The van der Waals surface area contributed by atoms with E-state index in [4.69, 9.17) is 31.6 Å². The summed E-state index contributed by atoms with van der Waals surface area (Å²) in [6.45, 7) is 1.69. The highest BCUT2D eigenvalue weighted by molar-refractivity contribution is 7.81. The molecule has 0 N–H and O–H groups in total. The molecule has 5 nitrogen and oxygen atoms in total. The van der Waals surface area contributed by atoms with Crippen molar-refractivity contribution in [3.8, 4) is 0 Å². The second-order valence-corrected chi connectivity index (χ2v) is 10.2. The molecule has 0 aliphatic rings.